The third kappa shape index (κ3) is 6.35. The molecule has 0 atom stereocenters. The molecule has 8 nitrogen and oxygen atoms in total. The molecular formula is C25H28ClN5O3S. The van der Waals surface area contributed by atoms with E-state index in [0.717, 1.165) is 29.4 Å². The van der Waals surface area contributed by atoms with Crippen molar-refractivity contribution in [3.8, 4) is 22.9 Å². The molecular weight excluding hydrogens is 486 g/mol. The van der Waals surface area contributed by atoms with Crippen molar-refractivity contribution in [1.82, 2.24) is 20.2 Å². The Morgan fingerprint density at radius 3 is 2.63 bits per heavy atom. The quantitative estimate of drug-likeness (QED) is 0.235. The van der Waals surface area contributed by atoms with Gasteiger partial charge >= 0.3 is 0 Å². The molecule has 1 heterocycles. The van der Waals surface area contributed by atoms with Crippen LogP contribution in [0.1, 0.15) is 43.7 Å². The van der Waals surface area contributed by atoms with Gasteiger partial charge in [0.25, 0.3) is 5.91 Å². The highest BCUT2D eigenvalue weighted by molar-refractivity contribution is 7.99. The van der Waals surface area contributed by atoms with Gasteiger partial charge in [-0.25, -0.2) is 5.43 Å². The fraction of sp³-hybridized carbons (Fsp3) is 0.360. The summed E-state index contributed by atoms with van der Waals surface area (Å²) in [7, 11) is 3.17. The zero-order valence-corrected chi connectivity index (χ0v) is 21.3. The second-order valence-electron chi connectivity index (χ2n) is 8.16. The average Bonchev–Trinajstić information content (AvgIpc) is 3.32. The molecule has 184 valence electrons. The smallest absolute Gasteiger partial charge is 0.250 e. The number of methoxy groups -OCH3 is 2. The van der Waals surface area contributed by atoms with Crippen LogP contribution in [0.15, 0.2) is 52.7 Å². The van der Waals surface area contributed by atoms with Gasteiger partial charge in [-0.1, -0.05) is 42.6 Å². The van der Waals surface area contributed by atoms with E-state index in [0.29, 0.717) is 28.1 Å². The van der Waals surface area contributed by atoms with Gasteiger partial charge in [-0.15, -0.1) is 10.2 Å². The largest absolute Gasteiger partial charge is 0.497 e. The Balaban J connectivity index is 1.45. The minimum absolute atomic E-state index is 0.165. The number of aromatic nitrogens is 3. The van der Waals surface area contributed by atoms with E-state index in [9.17, 15) is 4.79 Å². The first-order valence-corrected chi connectivity index (χ1v) is 12.8. The molecule has 0 radical (unpaired) electrons. The number of halogens is 1. The molecule has 0 aliphatic heterocycles. The molecule has 1 aromatic heterocycles. The van der Waals surface area contributed by atoms with Crippen LogP contribution in [0.4, 0.5) is 0 Å². The van der Waals surface area contributed by atoms with Crippen molar-refractivity contribution in [2.45, 2.75) is 43.3 Å². The van der Waals surface area contributed by atoms with Crippen molar-refractivity contribution in [1.29, 1.82) is 0 Å². The number of carbonyl (C=O) groups is 1. The van der Waals surface area contributed by atoms with E-state index in [1.807, 2.05) is 24.3 Å². The molecule has 1 amide bonds. The first-order valence-electron chi connectivity index (χ1n) is 11.5. The number of amides is 1. The van der Waals surface area contributed by atoms with Crippen LogP contribution in [-0.2, 0) is 4.79 Å². The molecule has 1 N–H and O–H groups in total. The normalized spacial score (nSPS) is 14.3. The number of ether oxygens (including phenoxy) is 2. The third-order valence-electron chi connectivity index (χ3n) is 5.87. The minimum atomic E-state index is -0.237. The van der Waals surface area contributed by atoms with Crippen LogP contribution in [0.3, 0.4) is 0 Å². The lowest BCUT2D eigenvalue weighted by Crippen LogP contribution is -2.20. The Morgan fingerprint density at radius 2 is 1.91 bits per heavy atom. The van der Waals surface area contributed by atoms with Gasteiger partial charge in [0.1, 0.15) is 11.5 Å². The number of hydrazone groups is 1. The lowest BCUT2D eigenvalue weighted by atomic mass is 9.95. The topological polar surface area (TPSA) is 90.6 Å². The number of thioether (sulfide) groups is 1. The van der Waals surface area contributed by atoms with Gasteiger partial charge in [0.2, 0.25) is 0 Å². The fourth-order valence-electron chi connectivity index (χ4n) is 4.12. The summed E-state index contributed by atoms with van der Waals surface area (Å²) in [6, 6.07) is 13.3. The average molecular weight is 514 g/mol. The standard InChI is InChI=1S/C25H28ClN5O3S/c1-33-21-12-13-22(34-2)18(14-21)15-27-28-23(32)16-35-25-30-29-24(17-8-10-19(26)11-9-17)31(25)20-6-4-3-5-7-20/h8-15,20H,3-7,16H2,1-2H3,(H,28,32)/b27-15+. The van der Waals surface area contributed by atoms with Gasteiger partial charge in [-0.3, -0.25) is 9.36 Å². The van der Waals surface area contributed by atoms with Crippen molar-refractivity contribution < 1.29 is 14.3 Å². The lowest BCUT2D eigenvalue weighted by molar-refractivity contribution is -0.118. The summed E-state index contributed by atoms with van der Waals surface area (Å²) in [4.78, 5) is 12.5. The zero-order valence-electron chi connectivity index (χ0n) is 19.7. The van der Waals surface area contributed by atoms with Crippen molar-refractivity contribution in [2.75, 3.05) is 20.0 Å². The summed E-state index contributed by atoms with van der Waals surface area (Å²) >= 11 is 7.43. The maximum absolute atomic E-state index is 12.5. The Labute approximate surface area is 214 Å². The van der Waals surface area contributed by atoms with E-state index in [1.165, 1.54) is 37.2 Å². The predicted molar refractivity (Wildman–Crippen MR) is 139 cm³/mol. The number of nitrogens with zero attached hydrogens (tertiary/aromatic N) is 4. The first-order chi connectivity index (χ1) is 17.1. The number of rotatable bonds is 9. The van der Waals surface area contributed by atoms with Crippen LogP contribution in [0, 0.1) is 0 Å². The molecule has 0 unspecified atom stereocenters. The van der Waals surface area contributed by atoms with Gasteiger partial charge in [0.05, 0.1) is 26.2 Å². The summed E-state index contributed by atoms with van der Waals surface area (Å²) in [5.41, 5.74) is 4.23. The van der Waals surface area contributed by atoms with Crippen LogP contribution in [0.5, 0.6) is 11.5 Å². The van der Waals surface area contributed by atoms with Gasteiger partial charge in [-0.05, 0) is 55.3 Å². The van der Waals surface area contributed by atoms with Gasteiger partial charge in [0.15, 0.2) is 11.0 Å². The van der Waals surface area contributed by atoms with Crippen LogP contribution >= 0.6 is 23.4 Å². The molecule has 1 fully saturated rings. The molecule has 4 rings (SSSR count). The Morgan fingerprint density at radius 1 is 1.14 bits per heavy atom. The number of carbonyl (C=O) groups excluding carboxylic acids is 1. The molecule has 2 aromatic carbocycles. The highest BCUT2D eigenvalue weighted by Gasteiger charge is 2.24. The molecule has 0 bridgehead atoms. The zero-order chi connectivity index (χ0) is 24.6. The van der Waals surface area contributed by atoms with Crippen LogP contribution < -0.4 is 14.9 Å². The molecule has 0 saturated heterocycles. The molecule has 10 heteroatoms. The van der Waals surface area contributed by atoms with Crippen LogP contribution in [-0.4, -0.2) is 46.9 Å². The summed E-state index contributed by atoms with van der Waals surface area (Å²) in [6.07, 6.45) is 7.28. The Kier molecular flexibility index (Phi) is 8.65. The second-order valence-corrected chi connectivity index (χ2v) is 9.54. The Bertz CT molecular complexity index is 1180. The first kappa shape index (κ1) is 25.1. The summed E-state index contributed by atoms with van der Waals surface area (Å²) in [5.74, 6) is 2.04. The molecule has 3 aromatic rings. The van der Waals surface area contributed by atoms with Gasteiger partial charge < -0.3 is 9.47 Å². The number of nitrogens with one attached hydrogen (secondary N) is 1. The molecule has 35 heavy (non-hydrogen) atoms. The van der Waals surface area contributed by atoms with Crippen molar-refractivity contribution >= 4 is 35.5 Å². The number of hydrogen-bond acceptors (Lipinski definition) is 7. The number of hydrogen-bond donors (Lipinski definition) is 1. The molecule has 0 spiro atoms. The summed E-state index contributed by atoms with van der Waals surface area (Å²) < 4.78 is 12.8. The predicted octanol–water partition coefficient (Wildman–Crippen LogP) is 5.36. The van der Waals surface area contributed by atoms with Gasteiger partial charge in [0, 0.05) is 22.2 Å². The van der Waals surface area contributed by atoms with E-state index < -0.39 is 0 Å². The highest BCUT2D eigenvalue weighted by atomic mass is 35.5. The van der Waals surface area contributed by atoms with E-state index in [-0.39, 0.29) is 11.7 Å². The summed E-state index contributed by atoms with van der Waals surface area (Å²) in [5, 5.41) is 14.4. The van der Waals surface area contributed by atoms with Crippen LogP contribution in [0.25, 0.3) is 11.4 Å². The molecule has 1 saturated carbocycles. The van der Waals surface area contributed by atoms with E-state index >= 15 is 0 Å². The second kappa shape index (κ2) is 12.1. The van der Waals surface area contributed by atoms with Crippen molar-refractivity contribution in [2.24, 2.45) is 5.10 Å². The van der Waals surface area contributed by atoms with E-state index in [4.69, 9.17) is 21.1 Å². The van der Waals surface area contributed by atoms with Crippen LogP contribution in [0.2, 0.25) is 5.02 Å². The maximum Gasteiger partial charge on any atom is 0.250 e. The Hall–Kier alpha value is -3.04. The van der Waals surface area contributed by atoms with Crippen molar-refractivity contribution in [3.63, 3.8) is 0 Å². The fourth-order valence-corrected chi connectivity index (χ4v) is 5.04. The molecule has 1 aliphatic rings. The number of benzene rings is 2. The van der Waals surface area contributed by atoms with Gasteiger partial charge in [-0.2, -0.15) is 5.10 Å². The summed E-state index contributed by atoms with van der Waals surface area (Å²) in [6.45, 7) is 0. The van der Waals surface area contributed by atoms with Crippen molar-refractivity contribution in [3.05, 3.63) is 53.1 Å². The highest BCUT2D eigenvalue weighted by Crippen LogP contribution is 2.35. The monoisotopic (exact) mass is 513 g/mol. The third-order valence-corrected chi connectivity index (χ3v) is 7.06. The van der Waals surface area contributed by atoms with E-state index in [2.05, 4.69) is 25.3 Å². The maximum atomic E-state index is 12.5. The SMILES string of the molecule is COc1ccc(OC)c(/C=N/NC(=O)CSc2nnc(-c3ccc(Cl)cc3)n2C2CCCCC2)c1. The minimum Gasteiger partial charge on any atom is -0.497 e. The lowest BCUT2D eigenvalue weighted by Gasteiger charge is -2.25. The molecule has 1 aliphatic carbocycles. The van der Waals surface area contributed by atoms with E-state index in [1.54, 1.807) is 32.4 Å².